The van der Waals surface area contributed by atoms with E-state index in [1.807, 2.05) is 19.9 Å². The SMILES string of the molecule is CC(C)N(CCO)C(=O)c1ccccc1C#CCCO. The monoisotopic (exact) mass is 275 g/mol. The summed E-state index contributed by atoms with van der Waals surface area (Å²) in [5.74, 6) is 5.60. The van der Waals surface area contributed by atoms with Crippen molar-refractivity contribution in [3.63, 3.8) is 0 Å². The van der Waals surface area contributed by atoms with Gasteiger partial charge in [-0.1, -0.05) is 24.0 Å². The Balaban J connectivity index is 3.06. The van der Waals surface area contributed by atoms with Gasteiger partial charge in [0.1, 0.15) is 0 Å². The van der Waals surface area contributed by atoms with Crippen LogP contribution in [0, 0.1) is 11.8 Å². The number of aliphatic hydroxyl groups is 2. The number of benzene rings is 1. The number of carbonyl (C=O) groups is 1. The van der Waals surface area contributed by atoms with E-state index in [1.54, 1.807) is 23.1 Å². The lowest BCUT2D eigenvalue weighted by Crippen LogP contribution is -2.39. The molecule has 0 radical (unpaired) electrons. The third-order valence-electron chi connectivity index (χ3n) is 2.84. The van der Waals surface area contributed by atoms with Crippen LogP contribution in [0.4, 0.5) is 0 Å². The first-order valence-corrected chi connectivity index (χ1v) is 6.72. The molecule has 4 heteroatoms. The molecule has 0 fully saturated rings. The predicted molar refractivity (Wildman–Crippen MR) is 78.3 cm³/mol. The van der Waals surface area contributed by atoms with Crippen molar-refractivity contribution in [1.82, 2.24) is 4.90 Å². The molecule has 0 aliphatic carbocycles. The van der Waals surface area contributed by atoms with E-state index in [9.17, 15) is 4.79 Å². The second kappa shape index (κ2) is 8.36. The summed E-state index contributed by atoms with van der Waals surface area (Å²) in [5, 5.41) is 17.8. The van der Waals surface area contributed by atoms with Crippen LogP contribution >= 0.6 is 0 Å². The minimum absolute atomic E-state index is 0.00570. The molecule has 108 valence electrons. The van der Waals surface area contributed by atoms with Gasteiger partial charge >= 0.3 is 0 Å². The van der Waals surface area contributed by atoms with E-state index in [1.165, 1.54) is 0 Å². The molecular weight excluding hydrogens is 254 g/mol. The van der Waals surface area contributed by atoms with Crippen LogP contribution < -0.4 is 0 Å². The maximum absolute atomic E-state index is 12.5. The molecule has 0 spiro atoms. The molecule has 1 aromatic carbocycles. The lowest BCUT2D eigenvalue weighted by molar-refractivity contribution is 0.0665. The standard InChI is InChI=1S/C16H21NO3/c1-13(2)17(10-12-19)16(20)15-9-4-3-7-14(15)8-5-6-11-18/h3-4,7,9,13,18-19H,6,10-12H2,1-2H3. The third-order valence-corrected chi connectivity index (χ3v) is 2.84. The maximum Gasteiger partial charge on any atom is 0.255 e. The van der Waals surface area contributed by atoms with Crippen molar-refractivity contribution in [3.8, 4) is 11.8 Å². The third kappa shape index (κ3) is 4.37. The normalized spacial score (nSPS) is 10.1. The summed E-state index contributed by atoms with van der Waals surface area (Å²) in [6.45, 7) is 4.06. The molecule has 0 aromatic heterocycles. The summed E-state index contributed by atoms with van der Waals surface area (Å²) in [4.78, 5) is 14.1. The molecule has 0 saturated heterocycles. The Morgan fingerprint density at radius 2 is 1.95 bits per heavy atom. The molecule has 20 heavy (non-hydrogen) atoms. The molecule has 0 heterocycles. The fourth-order valence-corrected chi connectivity index (χ4v) is 1.85. The van der Waals surface area contributed by atoms with E-state index in [0.717, 1.165) is 0 Å². The summed E-state index contributed by atoms with van der Waals surface area (Å²) >= 11 is 0. The second-order valence-electron chi connectivity index (χ2n) is 4.64. The van der Waals surface area contributed by atoms with Crippen LogP contribution in [-0.4, -0.2) is 46.8 Å². The Kier molecular flexibility index (Phi) is 6.78. The quantitative estimate of drug-likeness (QED) is 0.795. The van der Waals surface area contributed by atoms with Crippen LogP contribution in [-0.2, 0) is 0 Å². The van der Waals surface area contributed by atoms with Gasteiger partial charge in [0, 0.05) is 24.6 Å². The van der Waals surface area contributed by atoms with E-state index in [4.69, 9.17) is 10.2 Å². The molecule has 4 nitrogen and oxygen atoms in total. The van der Waals surface area contributed by atoms with Crippen LogP contribution in [0.25, 0.3) is 0 Å². The fourth-order valence-electron chi connectivity index (χ4n) is 1.85. The van der Waals surface area contributed by atoms with Gasteiger partial charge in [-0.05, 0) is 26.0 Å². The summed E-state index contributed by atoms with van der Waals surface area (Å²) in [6, 6.07) is 7.15. The topological polar surface area (TPSA) is 60.8 Å². The number of amides is 1. The number of hydrogen-bond donors (Lipinski definition) is 2. The molecule has 2 N–H and O–H groups in total. The van der Waals surface area contributed by atoms with Crippen LogP contribution in [0.1, 0.15) is 36.2 Å². The number of carbonyl (C=O) groups excluding carboxylic acids is 1. The highest BCUT2D eigenvalue weighted by Gasteiger charge is 2.19. The van der Waals surface area contributed by atoms with E-state index in [0.29, 0.717) is 24.1 Å². The minimum atomic E-state index is -0.136. The van der Waals surface area contributed by atoms with E-state index >= 15 is 0 Å². The molecule has 0 bridgehead atoms. The zero-order valence-corrected chi connectivity index (χ0v) is 12.0. The highest BCUT2D eigenvalue weighted by Crippen LogP contribution is 2.13. The van der Waals surface area contributed by atoms with Crippen molar-refractivity contribution in [1.29, 1.82) is 0 Å². The first-order chi connectivity index (χ1) is 9.61. The molecule has 1 amide bonds. The fraction of sp³-hybridized carbons (Fsp3) is 0.438. The largest absolute Gasteiger partial charge is 0.395 e. The Hall–Kier alpha value is -1.83. The van der Waals surface area contributed by atoms with Gasteiger partial charge in [-0.15, -0.1) is 0 Å². The smallest absolute Gasteiger partial charge is 0.255 e. The summed E-state index contributed by atoms with van der Waals surface area (Å²) in [5.41, 5.74) is 1.18. The Labute approximate surface area is 120 Å². The van der Waals surface area contributed by atoms with Crippen molar-refractivity contribution in [3.05, 3.63) is 35.4 Å². The van der Waals surface area contributed by atoms with Gasteiger partial charge in [0.15, 0.2) is 0 Å². The molecule has 0 saturated carbocycles. The average Bonchev–Trinajstić information content (AvgIpc) is 2.44. The summed E-state index contributed by atoms with van der Waals surface area (Å²) < 4.78 is 0. The van der Waals surface area contributed by atoms with Gasteiger partial charge in [0.05, 0.1) is 18.8 Å². The molecule has 0 aliphatic rings. The van der Waals surface area contributed by atoms with Crippen molar-refractivity contribution in [2.75, 3.05) is 19.8 Å². The number of rotatable bonds is 5. The highest BCUT2D eigenvalue weighted by molar-refractivity contribution is 5.96. The van der Waals surface area contributed by atoms with Crippen LogP contribution in [0.5, 0.6) is 0 Å². The van der Waals surface area contributed by atoms with Crippen molar-refractivity contribution < 1.29 is 15.0 Å². The minimum Gasteiger partial charge on any atom is -0.395 e. The number of nitrogens with zero attached hydrogens (tertiary/aromatic N) is 1. The first kappa shape index (κ1) is 16.2. The summed E-state index contributed by atoms with van der Waals surface area (Å²) in [6.07, 6.45) is 0.382. The lowest BCUT2D eigenvalue weighted by Gasteiger charge is -2.26. The zero-order valence-electron chi connectivity index (χ0n) is 12.0. The molecule has 1 rings (SSSR count). The Morgan fingerprint density at radius 3 is 2.55 bits per heavy atom. The van der Waals surface area contributed by atoms with E-state index < -0.39 is 0 Å². The lowest BCUT2D eigenvalue weighted by atomic mass is 10.1. The van der Waals surface area contributed by atoms with Crippen LogP contribution in [0.15, 0.2) is 24.3 Å². The average molecular weight is 275 g/mol. The van der Waals surface area contributed by atoms with Gasteiger partial charge in [-0.25, -0.2) is 0 Å². The van der Waals surface area contributed by atoms with Gasteiger partial charge in [0.2, 0.25) is 0 Å². The predicted octanol–water partition coefficient (Wildman–Crippen LogP) is 1.26. The van der Waals surface area contributed by atoms with Crippen molar-refractivity contribution in [2.24, 2.45) is 0 Å². The number of hydrogen-bond acceptors (Lipinski definition) is 3. The van der Waals surface area contributed by atoms with E-state index in [2.05, 4.69) is 11.8 Å². The Morgan fingerprint density at radius 1 is 1.25 bits per heavy atom. The molecule has 0 unspecified atom stereocenters. The second-order valence-corrected chi connectivity index (χ2v) is 4.64. The molecule has 0 atom stereocenters. The van der Waals surface area contributed by atoms with Crippen molar-refractivity contribution >= 4 is 5.91 Å². The first-order valence-electron chi connectivity index (χ1n) is 6.72. The number of aliphatic hydroxyl groups excluding tert-OH is 2. The van der Waals surface area contributed by atoms with E-state index in [-0.39, 0.29) is 25.2 Å². The molecular formula is C16H21NO3. The van der Waals surface area contributed by atoms with Gasteiger partial charge < -0.3 is 15.1 Å². The summed E-state index contributed by atoms with van der Waals surface area (Å²) in [7, 11) is 0. The van der Waals surface area contributed by atoms with Crippen LogP contribution in [0.2, 0.25) is 0 Å². The van der Waals surface area contributed by atoms with Crippen LogP contribution in [0.3, 0.4) is 0 Å². The zero-order chi connectivity index (χ0) is 15.0. The maximum atomic E-state index is 12.5. The van der Waals surface area contributed by atoms with Gasteiger partial charge in [0.25, 0.3) is 5.91 Å². The Bertz CT molecular complexity index is 500. The van der Waals surface area contributed by atoms with Gasteiger partial charge in [-0.3, -0.25) is 4.79 Å². The molecule has 1 aromatic rings. The highest BCUT2D eigenvalue weighted by atomic mass is 16.3. The van der Waals surface area contributed by atoms with Crippen molar-refractivity contribution in [2.45, 2.75) is 26.3 Å². The molecule has 0 aliphatic heterocycles. The van der Waals surface area contributed by atoms with Gasteiger partial charge in [-0.2, -0.15) is 0 Å².